The van der Waals surface area contributed by atoms with E-state index in [0.717, 1.165) is 30.2 Å². The van der Waals surface area contributed by atoms with Crippen LogP contribution in [0, 0.1) is 0 Å². The van der Waals surface area contributed by atoms with Gasteiger partial charge in [-0.3, -0.25) is 4.79 Å². The summed E-state index contributed by atoms with van der Waals surface area (Å²) in [7, 11) is 0. The van der Waals surface area contributed by atoms with Gasteiger partial charge in [-0.05, 0) is 73.8 Å². The molecule has 3 aromatic rings. The van der Waals surface area contributed by atoms with E-state index in [1.54, 1.807) is 12.3 Å². The van der Waals surface area contributed by atoms with E-state index in [1.165, 1.54) is 11.1 Å². The zero-order valence-corrected chi connectivity index (χ0v) is 23.9. The van der Waals surface area contributed by atoms with Crippen molar-refractivity contribution in [2.45, 2.75) is 64.9 Å². The van der Waals surface area contributed by atoms with E-state index >= 15 is 0 Å². The molecule has 186 valence electrons. The molecule has 0 N–H and O–H groups in total. The van der Waals surface area contributed by atoms with Crippen LogP contribution in [-0.4, -0.2) is 28.6 Å². The topological polar surface area (TPSA) is 65.7 Å². The van der Waals surface area contributed by atoms with Gasteiger partial charge < -0.3 is 9.47 Å². The van der Waals surface area contributed by atoms with Gasteiger partial charge in [0.15, 0.2) is 11.5 Å². The Hall–Kier alpha value is -1.90. The maximum Gasteiger partial charge on any atom is 0.282 e. The quantitative estimate of drug-likeness (QED) is 0.253. The summed E-state index contributed by atoms with van der Waals surface area (Å²) in [6.07, 6.45) is 7.00. The third kappa shape index (κ3) is 5.75. The lowest BCUT2D eigenvalue weighted by molar-refractivity contribution is 0.224. The molecule has 0 atom stereocenters. The van der Waals surface area contributed by atoms with Gasteiger partial charge in [0, 0.05) is 20.4 Å². The van der Waals surface area contributed by atoms with Crippen molar-refractivity contribution in [2.24, 2.45) is 5.10 Å². The van der Waals surface area contributed by atoms with E-state index in [2.05, 4.69) is 37.0 Å². The summed E-state index contributed by atoms with van der Waals surface area (Å²) in [6.45, 7) is 6.22. The van der Waals surface area contributed by atoms with Crippen LogP contribution in [0.1, 0.15) is 70.2 Å². The second-order valence-electron chi connectivity index (χ2n) is 8.85. The van der Waals surface area contributed by atoms with Crippen LogP contribution in [0.5, 0.6) is 11.5 Å². The van der Waals surface area contributed by atoms with Crippen LogP contribution in [0.3, 0.4) is 0 Å². The van der Waals surface area contributed by atoms with Crippen molar-refractivity contribution >= 4 is 60.6 Å². The highest BCUT2D eigenvalue weighted by molar-refractivity contribution is 9.10. The molecule has 4 rings (SSSR count). The molecule has 1 aliphatic carbocycles. The molecule has 0 amide bonds. The van der Waals surface area contributed by atoms with Crippen LogP contribution in [-0.2, 0) is 0 Å². The Morgan fingerprint density at radius 2 is 1.97 bits per heavy atom. The summed E-state index contributed by atoms with van der Waals surface area (Å²) in [5, 5.41) is 5.55. The van der Waals surface area contributed by atoms with Crippen molar-refractivity contribution < 1.29 is 9.47 Å². The fourth-order valence-corrected chi connectivity index (χ4v) is 5.33. The highest BCUT2D eigenvalue weighted by Gasteiger charge is 2.23. The zero-order valence-electron chi connectivity index (χ0n) is 20.0. The largest absolute Gasteiger partial charge is 0.490 e. The molecule has 35 heavy (non-hydrogen) atoms. The van der Waals surface area contributed by atoms with Crippen molar-refractivity contribution in [3.63, 3.8) is 0 Å². The Kier molecular flexibility index (Phi) is 8.55. The lowest BCUT2D eigenvalue weighted by atomic mass is 9.88. The minimum absolute atomic E-state index is 0.0715. The van der Waals surface area contributed by atoms with E-state index in [1.807, 2.05) is 39.0 Å². The van der Waals surface area contributed by atoms with Crippen molar-refractivity contribution in [3.8, 4) is 11.5 Å². The Labute approximate surface area is 226 Å². The first-order valence-electron chi connectivity index (χ1n) is 11.9. The zero-order chi connectivity index (χ0) is 25.1. The highest BCUT2D eigenvalue weighted by Crippen LogP contribution is 2.43. The number of nitrogens with zero attached hydrogens (tertiary/aromatic N) is 3. The van der Waals surface area contributed by atoms with Crippen LogP contribution in [0.4, 0.5) is 0 Å². The Morgan fingerprint density at radius 3 is 2.66 bits per heavy atom. The van der Waals surface area contributed by atoms with Gasteiger partial charge in [0.1, 0.15) is 10.8 Å². The summed E-state index contributed by atoms with van der Waals surface area (Å²) in [4.78, 5) is 18.5. The lowest BCUT2D eigenvalue weighted by Gasteiger charge is -2.23. The Balaban J connectivity index is 1.85. The number of benzene rings is 2. The predicted molar refractivity (Wildman–Crippen MR) is 149 cm³/mol. The average molecular weight is 626 g/mol. The number of halogens is 3. The van der Waals surface area contributed by atoms with E-state index in [-0.39, 0.29) is 17.6 Å². The number of rotatable bonds is 7. The summed E-state index contributed by atoms with van der Waals surface area (Å²) in [6, 6.07) is 7.39. The lowest BCUT2D eigenvalue weighted by Crippen LogP contribution is -2.25. The molecule has 6 nitrogen and oxygen atoms in total. The van der Waals surface area contributed by atoms with E-state index < -0.39 is 0 Å². The minimum atomic E-state index is -0.194. The van der Waals surface area contributed by atoms with Crippen molar-refractivity contribution in [2.75, 3.05) is 6.61 Å². The van der Waals surface area contributed by atoms with Gasteiger partial charge in [0.05, 0.1) is 29.8 Å². The SMILES string of the molecule is CCOc1cc(C=Nn2c(C3CCCCC3)nc3ccc(Br)cc3c2=O)c(Br)c(Cl)c1OC(C)C. The summed E-state index contributed by atoms with van der Waals surface area (Å²) in [5.74, 6) is 1.89. The molecule has 0 bridgehead atoms. The number of aromatic nitrogens is 2. The molecular formula is C26H28Br2ClN3O3. The molecule has 0 aliphatic heterocycles. The van der Waals surface area contributed by atoms with Crippen LogP contribution in [0.2, 0.25) is 5.02 Å². The van der Waals surface area contributed by atoms with Crippen LogP contribution >= 0.6 is 43.5 Å². The summed E-state index contributed by atoms with van der Waals surface area (Å²) < 4.78 is 14.6. The molecule has 0 spiro atoms. The molecular weight excluding hydrogens is 598 g/mol. The average Bonchev–Trinajstić information content (AvgIpc) is 2.84. The van der Waals surface area contributed by atoms with Gasteiger partial charge in [0.25, 0.3) is 5.56 Å². The van der Waals surface area contributed by atoms with Crippen LogP contribution in [0.25, 0.3) is 10.9 Å². The van der Waals surface area contributed by atoms with Crippen molar-refractivity contribution in [1.82, 2.24) is 9.66 Å². The molecule has 2 aromatic carbocycles. The predicted octanol–water partition coefficient (Wildman–Crippen LogP) is 7.69. The molecule has 0 unspecified atom stereocenters. The first kappa shape index (κ1) is 26.2. The smallest absolute Gasteiger partial charge is 0.282 e. The minimum Gasteiger partial charge on any atom is -0.490 e. The molecule has 1 heterocycles. The number of hydrogen-bond acceptors (Lipinski definition) is 5. The molecule has 0 saturated heterocycles. The standard InChI is InChI=1S/C26H28Br2ClN3O3/c1-4-34-21-12-17(22(28)23(29)24(21)35-15(2)3)14-30-32-25(16-8-6-5-7-9-16)31-20-11-10-18(27)13-19(20)26(32)33/h10-16H,4-9H2,1-3H3. The van der Waals surface area contributed by atoms with Crippen molar-refractivity contribution in [3.05, 3.63) is 60.0 Å². The second-order valence-corrected chi connectivity index (χ2v) is 10.9. The fourth-order valence-electron chi connectivity index (χ4n) is 4.33. The van der Waals surface area contributed by atoms with Gasteiger partial charge in [-0.1, -0.05) is 46.8 Å². The molecule has 0 radical (unpaired) electrons. The monoisotopic (exact) mass is 623 g/mol. The Morgan fingerprint density at radius 1 is 1.23 bits per heavy atom. The van der Waals surface area contributed by atoms with Gasteiger partial charge in [0.2, 0.25) is 0 Å². The highest BCUT2D eigenvalue weighted by atomic mass is 79.9. The Bertz CT molecular complexity index is 1320. The summed E-state index contributed by atoms with van der Waals surface area (Å²) in [5.41, 5.74) is 1.16. The molecule has 9 heteroatoms. The van der Waals surface area contributed by atoms with Crippen LogP contribution < -0.4 is 15.0 Å². The van der Waals surface area contributed by atoms with E-state index in [0.29, 0.717) is 49.9 Å². The number of fused-ring (bicyclic) bond motifs is 1. The third-order valence-electron chi connectivity index (χ3n) is 5.93. The van der Waals surface area contributed by atoms with Crippen molar-refractivity contribution in [1.29, 1.82) is 0 Å². The normalized spacial score (nSPS) is 14.8. The first-order chi connectivity index (χ1) is 16.8. The number of hydrogen-bond donors (Lipinski definition) is 0. The van der Waals surface area contributed by atoms with E-state index in [9.17, 15) is 4.79 Å². The van der Waals surface area contributed by atoms with Crippen LogP contribution in [0.15, 0.2) is 43.1 Å². The molecule has 1 saturated carbocycles. The van der Waals surface area contributed by atoms with E-state index in [4.69, 9.17) is 26.1 Å². The van der Waals surface area contributed by atoms with Gasteiger partial charge in [-0.15, -0.1) is 0 Å². The number of ether oxygens (including phenoxy) is 2. The fraction of sp³-hybridized carbons (Fsp3) is 0.423. The molecule has 1 fully saturated rings. The maximum absolute atomic E-state index is 13.6. The third-order valence-corrected chi connectivity index (χ3v) is 7.86. The second kappa shape index (κ2) is 11.4. The molecule has 1 aromatic heterocycles. The first-order valence-corrected chi connectivity index (χ1v) is 13.8. The van der Waals surface area contributed by atoms with Gasteiger partial charge in [-0.25, -0.2) is 4.98 Å². The maximum atomic E-state index is 13.6. The summed E-state index contributed by atoms with van der Waals surface area (Å²) >= 11 is 13.7. The molecule has 1 aliphatic rings. The van der Waals surface area contributed by atoms with Gasteiger partial charge >= 0.3 is 0 Å². The van der Waals surface area contributed by atoms with Gasteiger partial charge in [-0.2, -0.15) is 9.78 Å².